The summed E-state index contributed by atoms with van der Waals surface area (Å²) in [6.07, 6.45) is 2.72. The first-order chi connectivity index (χ1) is 6.09. The zero-order valence-electron chi connectivity index (χ0n) is 7.26. The molecule has 0 aromatic heterocycles. The van der Waals surface area contributed by atoms with Gasteiger partial charge in [0.2, 0.25) is 0 Å². The fraction of sp³-hybridized carbons (Fsp3) is 0.400. The second kappa shape index (κ2) is 2.70. The minimum Gasteiger partial charge on any atom is -0.505 e. The van der Waals surface area contributed by atoms with Gasteiger partial charge in [-0.1, -0.05) is 6.07 Å². The second-order valence-corrected chi connectivity index (χ2v) is 3.82. The van der Waals surface area contributed by atoms with Crippen LogP contribution < -0.4 is 5.73 Å². The third kappa shape index (κ3) is 1.80. The van der Waals surface area contributed by atoms with Gasteiger partial charge in [-0.05, 0) is 37.0 Å². The molecule has 0 radical (unpaired) electrons. The standard InChI is InChI=1S/C10H12FNO/c11-8-5-7(1-2-9(8)13)6-10(12)3-4-10/h1-2,5,13H,3-4,6,12H2. The fourth-order valence-electron chi connectivity index (χ4n) is 1.40. The molecule has 0 heterocycles. The molecule has 1 saturated carbocycles. The molecule has 13 heavy (non-hydrogen) atoms. The van der Waals surface area contributed by atoms with Gasteiger partial charge in [0, 0.05) is 5.54 Å². The molecule has 3 heteroatoms. The van der Waals surface area contributed by atoms with Crippen molar-refractivity contribution in [2.75, 3.05) is 0 Å². The van der Waals surface area contributed by atoms with Crippen molar-refractivity contribution < 1.29 is 9.50 Å². The minimum atomic E-state index is -0.568. The number of nitrogens with two attached hydrogens (primary N) is 1. The topological polar surface area (TPSA) is 46.2 Å². The number of rotatable bonds is 2. The van der Waals surface area contributed by atoms with Crippen molar-refractivity contribution in [2.24, 2.45) is 5.73 Å². The summed E-state index contributed by atoms with van der Waals surface area (Å²) in [7, 11) is 0. The molecule has 0 saturated heterocycles. The van der Waals surface area contributed by atoms with Gasteiger partial charge >= 0.3 is 0 Å². The summed E-state index contributed by atoms with van der Waals surface area (Å²) >= 11 is 0. The highest BCUT2D eigenvalue weighted by Gasteiger charge is 2.37. The van der Waals surface area contributed by atoms with E-state index in [1.807, 2.05) is 0 Å². The average molecular weight is 181 g/mol. The van der Waals surface area contributed by atoms with E-state index in [9.17, 15) is 4.39 Å². The van der Waals surface area contributed by atoms with Gasteiger partial charge in [0.25, 0.3) is 0 Å². The maximum Gasteiger partial charge on any atom is 0.165 e. The van der Waals surface area contributed by atoms with Crippen LogP contribution in [0.1, 0.15) is 18.4 Å². The van der Waals surface area contributed by atoms with Crippen LogP contribution in [-0.4, -0.2) is 10.6 Å². The van der Waals surface area contributed by atoms with E-state index in [1.165, 1.54) is 12.1 Å². The third-order valence-electron chi connectivity index (χ3n) is 2.46. The van der Waals surface area contributed by atoms with E-state index < -0.39 is 5.82 Å². The van der Waals surface area contributed by atoms with E-state index in [-0.39, 0.29) is 11.3 Å². The molecule has 70 valence electrons. The van der Waals surface area contributed by atoms with Crippen LogP contribution in [0.4, 0.5) is 4.39 Å². The van der Waals surface area contributed by atoms with Gasteiger partial charge in [0.05, 0.1) is 0 Å². The number of aromatic hydroxyl groups is 1. The normalized spacial score (nSPS) is 18.6. The fourth-order valence-corrected chi connectivity index (χ4v) is 1.40. The lowest BCUT2D eigenvalue weighted by molar-refractivity contribution is 0.431. The van der Waals surface area contributed by atoms with Crippen LogP contribution in [0.2, 0.25) is 0 Å². The molecule has 1 aliphatic carbocycles. The molecule has 0 aliphatic heterocycles. The van der Waals surface area contributed by atoms with E-state index in [0.29, 0.717) is 6.42 Å². The third-order valence-corrected chi connectivity index (χ3v) is 2.46. The average Bonchev–Trinajstić information content (AvgIpc) is 2.76. The van der Waals surface area contributed by atoms with Crippen LogP contribution in [0, 0.1) is 5.82 Å². The van der Waals surface area contributed by atoms with E-state index in [4.69, 9.17) is 10.8 Å². The van der Waals surface area contributed by atoms with E-state index in [1.54, 1.807) is 6.07 Å². The Kier molecular flexibility index (Phi) is 1.77. The summed E-state index contributed by atoms with van der Waals surface area (Å²) in [4.78, 5) is 0. The molecule has 1 aromatic carbocycles. The molecule has 3 N–H and O–H groups in total. The Morgan fingerprint density at radius 2 is 2.15 bits per heavy atom. The van der Waals surface area contributed by atoms with Crippen molar-refractivity contribution in [2.45, 2.75) is 24.8 Å². The lowest BCUT2D eigenvalue weighted by atomic mass is 10.0. The van der Waals surface area contributed by atoms with Gasteiger partial charge in [-0.25, -0.2) is 4.39 Å². The zero-order valence-corrected chi connectivity index (χ0v) is 7.26. The maximum absolute atomic E-state index is 12.9. The molecule has 1 aliphatic rings. The number of hydrogen-bond donors (Lipinski definition) is 2. The van der Waals surface area contributed by atoms with Crippen LogP contribution in [0.3, 0.4) is 0 Å². The highest BCUT2D eigenvalue weighted by atomic mass is 19.1. The molecule has 0 spiro atoms. The molecular weight excluding hydrogens is 169 g/mol. The second-order valence-electron chi connectivity index (χ2n) is 3.82. The summed E-state index contributed by atoms with van der Waals surface area (Å²) in [5.74, 6) is -0.868. The molecular formula is C10H12FNO. The monoisotopic (exact) mass is 181 g/mol. The Labute approximate surface area is 76.2 Å². The van der Waals surface area contributed by atoms with Crippen molar-refractivity contribution in [1.82, 2.24) is 0 Å². The number of hydrogen-bond acceptors (Lipinski definition) is 2. The van der Waals surface area contributed by atoms with Gasteiger partial charge in [-0.3, -0.25) is 0 Å². The Morgan fingerprint density at radius 3 is 2.69 bits per heavy atom. The molecule has 0 unspecified atom stereocenters. The lowest BCUT2D eigenvalue weighted by Gasteiger charge is -2.08. The first kappa shape index (κ1) is 8.51. The van der Waals surface area contributed by atoms with Crippen LogP contribution in [0.5, 0.6) is 5.75 Å². The van der Waals surface area contributed by atoms with Gasteiger partial charge in [0.15, 0.2) is 11.6 Å². The van der Waals surface area contributed by atoms with Gasteiger partial charge in [0.1, 0.15) is 0 Å². The van der Waals surface area contributed by atoms with Crippen molar-refractivity contribution in [1.29, 1.82) is 0 Å². The predicted molar refractivity (Wildman–Crippen MR) is 47.9 cm³/mol. The summed E-state index contributed by atoms with van der Waals surface area (Å²) in [6.45, 7) is 0. The van der Waals surface area contributed by atoms with Crippen LogP contribution in [0.25, 0.3) is 0 Å². The summed E-state index contributed by atoms with van der Waals surface area (Å²) < 4.78 is 12.9. The van der Waals surface area contributed by atoms with Gasteiger partial charge in [-0.2, -0.15) is 0 Å². The number of phenols is 1. The summed E-state index contributed by atoms with van der Waals surface area (Å²) in [6, 6.07) is 4.43. The van der Waals surface area contributed by atoms with Crippen molar-refractivity contribution in [3.05, 3.63) is 29.6 Å². The zero-order chi connectivity index (χ0) is 9.47. The number of benzene rings is 1. The SMILES string of the molecule is NC1(Cc2ccc(O)c(F)c2)CC1. The molecule has 2 rings (SSSR count). The first-order valence-electron chi connectivity index (χ1n) is 4.35. The summed E-state index contributed by atoms with van der Waals surface area (Å²) in [5, 5.41) is 8.95. The molecule has 1 fully saturated rings. The first-order valence-corrected chi connectivity index (χ1v) is 4.35. The Bertz CT molecular complexity index is 334. The predicted octanol–water partition coefficient (Wildman–Crippen LogP) is 1.57. The minimum absolute atomic E-state index is 0.108. The van der Waals surface area contributed by atoms with Crippen LogP contribution in [0.15, 0.2) is 18.2 Å². The van der Waals surface area contributed by atoms with Gasteiger partial charge in [-0.15, -0.1) is 0 Å². The largest absolute Gasteiger partial charge is 0.505 e. The molecule has 0 atom stereocenters. The molecule has 2 nitrogen and oxygen atoms in total. The molecule has 0 amide bonds. The highest BCUT2D eigenvalue weighted by Crippen LogP contribution is 2.36. The Balaban J connectivity index is 2.17. The quantitative estimate of drug-likeness (QED) is 0.727. The maximum atomic E-state index is 12.9. The van der Waals surface area contributed by atoms with E-state index in [2.05, 4.69) is 0 Å². The Morgan fingerprint density at radius 1 is 1.46 bits per heavy atom. The van der Waals surface area contributed by atoms with Crippen molar-refractivity contribution in [3.8, 4) is 5.75 Å². The van der Waals surface area contributed by atoms with E-state index >= 15 is 0 Å². The number of phenolic OH excluding ortho intramolecular Hbond substituents is 1. The molecule has 0 bridgehead atoms. The van der Waals surface area contributed by atoms with Crippen molar-refractivity contribution in [3.63, 3.8) is 0 Å². The van der Waals surface area contributed by atoms with Gasteiger partial charge < -0.3 is 10.8 Å². The van der Waals surface area contributed by atoms with Crippen LogP contribution in [-0.2, 0) is 6.42 Å². The van der Waals surface area contributed by atoms with E-state index in [0.717, 1.165) is 18.4 Å². The smallest absolute Gasteiger partial charge is 0.165 e. The van der Waals surface area contributed by atoms with Crippen molar-refractivity contribution >= 4 is 0 Å². The summed E-state index contributed by atoms with van der Waals surface area (Å²) in [5.41, 5.74) is 6.63. The van der Waals surface area contributed by atoms with Crippen LogP contribution >= 0.6 is 0 Å². The highest BCUT2D eigenvalue weighted by molar-refractivity contribution is 5.30. The lowest BCUT2D eigenvalue weighted by Crippen LogP contribution is -2.24. The molecule has 1 aromatic rings. The number of halogens is 1. The Hall–Kier alpha value is -1.09.